The van der Waals surface area contributed by atoms with Crippen LogP contribution < -0.4 is 10.1 Å². The number of benzene rings is 1. The molecule has 0 radical (unpaired) electrons. The molecule has 0 saturated carbocycles. The fraction of sp³-hybridized carbons (Fsp3) is 0.500. The first-order valence-electron chi connectivity index (χ1n) is 7.14. The van der Waals surface area contributed by atoms with Crippen LogP contribution in [0.1, 0.15) is 38.7 Å². The van der Waals surface area contributed by atoms with Gasteiger partial charge in [0.1, 0.15) is 5.75 Å². The second-order valence-electron chi connectivity index (χ2n) is 5.27. The van der Waals surface area contributed by atoms with E-state index in [2.05, 4.69) is 5.32 Å². The molecule has 0 aromatic heterocycles. The van der Waals surface area contributed by atoms with Crippen molar-refractivity contribution in [2.75, 3.05) is 0 Å². The van der Waals surface area contributed by atoms with Gasteiger partial charge in [-0.15, -0.1) is 0 Å². The quantitative estimate of drug-likeness (QED) is 0.772. The van der Waals surface area contributed by atoms with Gasteiger partial charge in [-0.2, -0.15) is 0 Å². The van der Waals surface area contributed by atoms with E-state index < -0.39 is 12.1 Å². The summed E-state index contributed by atoms with van der Waals surface area (Å²) in [5.41, 5.74) is 1.07. The maximum absolute atomic E-state index is 12.0. The molecule has 2 atom stereocenters. The predicted octanol–water partition coefficient (Wildman–Crippen LogP) is 2.52. The second-order valence-corrected chi connectivity index (χ2v) is 5.27. The molecule has 1 rings (SSSR count). The number of nitrogens with one attached hydrogen (secondary N) is 1. The van der Waals surface area contributed by atoms with Gasteiger partial charge in [0.25, 0.3) is 5.91 Å². The van der Waals surface area contributed by atoms with Crippen molar-refractivity contribution in [3.8, 4) is 5.75 Å². The van der Waals surface area contributed by atoms with E-state index in [0.717, 1.165) is 5.56 Å². The topological polar surface area (TPSA) is 75.6 Å². The van der Waals surface area contributed by atoms with Gasteiger partial charge in [-0.05, 0) is 51.3 Å². The molecule has 21 heavy (non-hydrogen) atoms. The molecule has 0 saturated heterocycles. The SMILES string of the molecule is Cc1cccc(OC(C)C(=O)NC(C)CCCC(=O)O)c1. The van der Waals surface area contributed by atoms with E-state index in [1.165, 1.54) is 0 Å². The predicted molar refractivity (Wildman–Crippen MR) is 80.4 cm³/mol. The van der Waals surface area contributed by atoms with E-state index in [9.17, 15) is 9.59 Å². The average molecular weight is 293 g/mol. The Bertz CT molecular complexity index is 487. The van der Waals surface area contributed by atoms with Gasteiger partial charge in [0.15, 0.2) is 6.10 Å². The number of hydrogen-bond donors (Lipinski definition) is 2. The Hall–Kier alpha value is -2.04. The number of aryl methyl sites for hydroxylation is 1. The van der Waals surface area contributed by atoms with Gasteiger partial charge in [0, 0.05) is 12.5 Å². The van der Waals surface area contributed by atoms with Crippen molar-refractivity contribution in [1.82, 2.24) is 5.32 Å². The van der Waals surface area contributed by atoms with Crippen LogP contribution in [0.4, 0.5) is 0 Å². The van der Waals surface area contributed by atoms with Crippen molar-refractivity contribution >= 4 is 11.9 Å². The number of amides is 1. The second kappa shape index (κ2) is 8.29. The number of rotatable bonds is 8. The summed E-state index contributed by atoms with van der Waals surface area (Å²) in [7, 11) is 0. The molecule has 116 valence electrons. The molecule has 0 aliphatic rings. The fourth-order valence-electron chi connectivity index (χ4n) is 1.94. The molecule has 2 unspecified atom stereocenters. The number of aliphatic carboxylic acids is 1. The average Bonchev–Trinajstić information content (AvgIpc) is 2.38. The third-order valence-corrected chi connectivity index (χ3v) is 3.09. The molecule has 0 heterocycles. The van der Waals surface area contributed by atoms with Crippen LogP contribution in [-0.4, -0.2) is 29.1 Å². The van der Waals surface area contributed by atoms with E-state index in [-0.39, 0.29) is 18.4 Å². The number of carbonyl (C=O) groups excluding carboxylic acids is 1. The van der Waals surface area contributed by atoms with Crippen molar-refractivity contribution in [2.45, 2.75) is 52.2 Å². The van der Waals surface area contributed by atoms with E-state index in [0.29, 0.717) is 18.6 Å². The Balaban J connectivity index is 2.38. The molecule has 0 aliphatic heterocycles. The summed E-state index contributed by atoms with van der Waals surface area (Å²) in [6.45, 7) is 5.52. The van der Waals surface area contributed by atoms with Crippen molar-refractivity contribution in [1.29, 1.82) is 0 Å². The number of ether oxygens (including phenoxy) is 1. The molecule has 0 bridgehead atoms. The minimum absolute atomic E-state index is 0.0691. The van der Waals surface area contributed by atoms with Gasteiger partial charge >= 0.3 is 5.97 Å². The zero-order valence-electron chi connectivity index (χ0n) is 12.8. The highest BCUT2D eigenvalue weighted by Crippen LogP contribution is 2.14. The lowest BCUT2D eigenvalue weighted by atomic mass is 10.1. The summed E-state index contributed by atoms with van der Waals surface area (Å²) in [4.78, 5) is 22.4. The normalized spacial score (nSPS) is 13.3. The van der Waals surface area contributed by atoms with Gasteiger partial charge in [0.2, 0.25) is 0 Å². The van der Waals surface area contributed by atoms with Crippen molar-refractivity contribution in [2.24, 2.45) is 0 Å². The minimum atomic E-state index is -0.815. The van der Waals surface area contributed by atoms with Crippen molar-refractivity contribution < 1.29 is 19.4 Å². The number of carboxylic acids is 1. The Morgan fingerprint density at radius 3 is 2.67 bits per heavy atom. The van der Waals surface area contributed by atoms with E-state index >= 15 is 0 Å². The van der Waals surface area contributed by atoms with Crippen LogP contribution >= 0.6 is 0 Å². The summed E-state index contributed by atoms with van der Waals surface area (Å²) >= 11 is 0. The van der Waals surface area contributed by atoms with Gasteiger partial charge in [0.05, 0.1) is 0 Å². The zero-order chi connectivity index (χ0) is 15.8. The fourth-order valence-corrected chi connectivity index (χ4v) is 1.94. The van der Waals surface area contributed by atoms with Crippen LogP contribution in [-0.2, 0) is 9.59 Å². The summed E-state index contributed by atoms with van der Waals surface area (Å²) in [6, 6.07) is 7.46. The molecule has 1 amide bonds. The van der Waals surface area contributed by atoms with Gasteiger partial charge in [-0.1, -0.05) is 12.1 Å². The van der Waals surface area contributed by atoms with Crippen LogP contribution in [0.15, 0.2) is 24.3 Å². The summed E-state index contributed by atoms with van der Waals surface area (Å²) < 4.78 is 5.59. The molecule has 0 aliphatic carbocycles. The number of hydrogen-bond acceptors (Lipinski definition) is 3. The largest absolute Gasteiger partial charge is 0.481 e. The standard InChI is InChI=1S/C16H23NO4/c1-11-6-4-8-14(10-11)21-13(3)16(20)17-12(2)7-5-9-15(18)19/h4,6,8,10,12-13H,5,7,9H2,1-3H3,(H,17,20)(H,18,19). The molecule has 1 aromatic carbocycles. The number of carboxylic acid groups (broad SMARTS) is 1. The molecule has 1 aromatic rings. The maximum Gasteiger partial charge on any atom is 0.303 e. The third kappa shape index (κ3) is 6.79. The summed E-state index contributed by atoms with van der Waals surface area (Å²) in [5.74, 6) is -0.347. The van der Waals surface area contributed by atoms with Crippen LogP contribution in [0.5, 0.6) is 5.75 Å². The Morgan fingerprint density at radius 1 is 1.33 bits per heavy atom. The van der Waals surface area contributed by atoms with Gasteiger partial charge < -0.3 is 15.2 Å². The number of carbonyl (C=O) groups is 2. The molecule has 5 nitrogen and oxygen atoms in total. The van der Waals surface area contributed by atoms with Crippen molar-refractivity contribution in [3.05, 3.63) is 29.8 Å². The van der Waals surface area contributed by atoms with E-state index in [1.54, 1.807) is 6.92 Å². The molecule has 2 N–H and O–H groups in total. The first kappa shape index (κ1) is 17.0. The Labute approximate surface area is 125 Å². The summed E-state index contributed by atoms with van der Waals surface area (Å²) in [6.07, 6.45) is 0.711. The molecule has 0 spiro atoms. The van der Waals surface area contributed by atoms with E-state index in [1.807, 2.05) is 38.1 Å². The highest BCUT2D eigenvalue weighted by molar-refractivity contribution is 5.81. The van der Waals surface area contributed by atoms with E-state index in [4.69, 9.17) is 9.84 Å². The minimum Gasteiger partial charge on any atom is -0.481 e. The molecule has 5 heteroatoms. The van der Waals surface area contributed by atoms with Gasteiger partial charge in [-0.25, -0.2) is 0 Å². The van der Waals surface area contributed by atoms with Crippen molar-refractivity contribution in [3.63, 3.8) is 0 Å². The van der Waals surface area contributed by atoms with Crippen LogP contribution in [0.25, 0.3) is 0 Å². The molecule has 0 fully saturated rings. The Kier molecular flexibility index (Phi) is 6.72. The lowest BCUT2D eigenvalue weighted by Gasteiger charge is -2.18. The highest BCUT2D eigenvalue weighted by Gasteiger charge is 2.17. The van der Waals surface area contributed by atoms with Gasteiger partial charge in [-0.3, -0.25) is 9.59 Å². The molecular weight excluding hydrogens is 270 g/mol. The zero-order valence-corrected chi connectivity index (χ0v) is 12.8. The molecular formula is C16H23NO4. The monoisotopic (exact) mass is 293 g/mol. The first-order chi connectivity index (χ1) is 9.88. The first-order valence-corrected chi connectivity index (χ1v) is 7.14. The van der Waals surface area contributed by atoms with Crippen LogP contribution in [0, 0.1) is 6.92 Å². The highest BCUT2D eigenvalue weighted by atomic mass is 16.5. The maximum atomic E-state index is 12.0. The lowest BCUT2D eigenvalue weighted by molar-refractivity contribution is -0.137. The summed E-state index contributed by atoms with van der Waals surface area (Å²) in [5, 5.41) is 11.4. The smallest absolute Gasteiger partial charge is 0.303 e. The van der Waals surface area contributed by atoms with Crippen LogP contribution in [0.2, 0.25) is 0 Å². The lowest BCUT2D eigenvalue weighted by Crippen LogP contribution is -2.41. The Morgan fingerprint density at radius 2 is 2.05 bits per heavy atom. The third-order valence-electron chi connectivity index (χ3n) is 3.09. The van der Waals surface area contributed by atoms with Crippen LogP contribution in [0.3, 0.4) is 0 Å².